The fourth-order valence-corrected chi connectivity index (χ4v) is 2.21. The van der Waals surface area contributed by atoms with Gasteiger partial charge in [0.15, 0.2) is 0 Å². The van der Waals surface area contributed by atoms with Gasteiger partial charge in [-0.25, -0.2) is 0 Å². The molecule has 0 atom stereocenters. The standard InChI is InChI=1S/C14H17N3O/c1-2-17(9-3-7-15)14(18)12-4-5-13-11(10-12)6-8-16-13/h4-5,10,16H,2-3,6,8-9H2,1H3. The molecule has 0 aliphatic carbocycles. The van der Waals surface area contributed by atoms with Crippen LogP contribution in [0.15, 0.2) is 18.2 Å². The second-order valence-corrected chi connectivity index (χ2v) is 4.34. The number of rotatable bonds is 4. The summed E-state index contributed by atoms with van der Waals surface area (Å²) < 4.78 is 0. The molecule has 0 saturated carbocycles. The van der Waals surface area contributed by atoms with Gasteiger partial charge in [-0.15, -0.1) is 0 Å². The van der Waals surface area contributed by atoms with Crippen molar-refractivity contribution in [1.29, 1.82) is 5.26 Å². The molecule has 0 saturated heterocycles. The summed E-state index contributed by atoms with van der Waals surface area (Å²) in [7, 11) is 0. The van der Waals surface area contributed by atoms with Crippen molar-refractivity contribution in [2.75, 3.05) is 25.0 Å². The van der Waals surface area contributed by atoms with Crippen LogP contribution in [0.2, 0.25) is 0 Å². The van der Waals surface area contributed by atoms with Crippen LogP contribution < -0.4 is 5.32 Å². The lowest BCUT2D eigenvalue weighted by Crippen LogP contribution is -2.31. The van der Waals surface area contributed by atoms with E-state index in [1.54, 1.807) is 4.90 Å². The Hall–Kier alpha value is -2.02. The lowest BCUT2D eigenvalue weighted by Gasteiger charge is -2.19. The summed E-state index contributed by atoms with van der Waals surface area (Å²) in [5.74, 6) is 0.0162. The highest BCUT2D eigenvalue weighted by atomic mass is 16.2. The summed E-state index contributed by atoms with van der Waals surface area (Å²) in [6, 6.07) is 7.86. The zero-order valence-corrected chi connectivity index (χ0v) is 10.6. The number of anilines is 1. The maximum atomic E-state index is 12.3. The van der Waals surface area contributed by atoms with Gasteiger partial charge in [-0.2, -0.15) is 5.26 Å². The third-order valence-electron chi connectivity index (χ3n) is 3.22. The highest BCUT2D eigenvalue weighted by molar-refractivity contribution is 5.95. The lowest BCUT2D eigenvalue weighted by molar-refractivity contribution is 0.0768. The van der Waals surface area contributed by atoms with Gasteiger partial charge in [0.1, 0.15) is 0 Å². The molecule has 1 aliphatic rings. The van der Waals surface area contributed by atoms with Gasteiger partial charge in [-0.1, -0.05) is 0 Å². The zero-order chi connectivity index (χ0) is 13.0. The van der Waals surface area contributed by atoms with Gasteiger partial charge in [0, 0.05) is 30.9 Å². The minimum atomic E-state index is 0.0162. The van der Waals surface area contributed by atoms with E-state index in [4.69, 9.17) is 5.26 Å². The molecular weight excluding hydrogens is 226 g/mol. The Kier molecular flexibility index (Phi) is 3.83. The lowest BCUT2D eigenvalue weighted by atomic mass is 10.1. The third kappa shape index (κ3) is 2.45. The number of hydrogen-bond acceptors (Lipinski definition) is 3. The molecule has 0 bridgehead atoms. The average Bonchev–Trinajstić information content (AvgIpc) is 2.86. The molecule has 0 radical (unpaired) electrons. The van der Waals surface area contributed by atoms with Crippen molar-refractivity contribution in [2.24, 2.45) is 0 Å². The molecule has 1 amide bonds. The molecule has 0 spiro atoms. The maximum absolute atomic E-state index is 12.3. The fourth-order valence-electron chi connectivity index (χ4n) is 2.21. The first-order valence-corrected chi connectivity index (χ1v) is 6.29. The molecular formula is C14H17N3O. The number of nitriles is 1. The van der Waals surface area contributed by atoms with Crippen LogP contribution in [0.25, 0.3) is 0 Å². The fraction of sp³-hybridized carbons (Fsp3) is 0.429. The smallest absolute Gasteiger partial charge is 0.253 e. The number of carbonyl (C=O) groups excluding carboxylic acids is 1. The highest BCUT2D eigenvalue weighted by Crippen LogP contribution is 2.23. The second-order valence-electron chi connectivity index (χ2n) is 4.34. The van der Waals surface area contributed by atoms with Gasteiger partial charge in [0.25, 0.3) is 5.91 Å². The number of carbonyl (C=O) groups is 1. The third-order valence-corrected chi connectivity index (χ3v) is 3.22. The van der Waals surface area contributed by atoms with E-state index in [0.717, 1.165) is 24.2 Å². The zero-order valence-electron chi connectivity index (χ0n) is 10.6. The first-order chi connectivity index (χ1) is 8.76. The van der Waals surface area contributed by atoms with Crippen LogP contribution in [-0.2, 0) is 6.42 Å². The molecule has 1 aliphatic heterocycles. The van der Waals surface area contributed by atoms with Gasteiger partial charge in [-0.3, -0.25) is 4.79 Å². The van der Waals surface area contributed by atoms with E-state index in [1.807, 2.05) is 25.1 Å². The summed E-state index contributed by atoms with van der Waals surface area (Å²) >= 11 is 0. The topological polar surface area (TPSA) is 56.1 Å². The summed E-state index contributed by atoms with van der Waals surface area (Å²) in [4.78, 5) is 14.0. The van der Waals surface area contributed by atoms with E-state index in [1.165, 1.54) is 5.56 Å². The van der Waals surface area contributed by atoms with Crippen molar-refractivity contribution in [3.8, 4) is 6.07 Å². The van der Waals surface area contributed by atoms with Gasteiger partial charge in [0.2, 0.25) is 0 Å². The van der Waals surface area contributed by atoms with Crippen molar-refractivity contribution >= 4 is 11.6 Å². The Morgan fingerprint density at radius 2 is 2.39 bits per heavy atom. The van der Waals surface area contributed by atoms with E-state index < -0.39 is 0 Å². The monoisotopic (exact) mass is 243 g/mol. The van der Waals surface area contributed by atoms with E-state index >= 15 is 0 Å². The van der Waals surface area contributed by atoms with Gasteiger partial charge < -0.3 is 10.2 Å². The molecule has 18 heavy (non-hydrogen) atoms. The van der Waals surface area contributed by atoms with Gasteiger partial charge in [-0.05, 0) is 37.1 Å². The molecule has 2 rings (SSSR count). The SMILES string of the molecule is CCN(CCC#N)C(=O)c1ccc2c(c1)CCN2. The molecule has 4 nitrogen and oxygen atoms in total. The highest BCUT2D eigenvalue weighted by Gasteiger charge is 2.17. The first kappa shape index (κ1) is 12.4. The van der Waals surface area contributed by atoms with Crippen LogP contribution in [0.5, 0.6) is 0 Å². The van der Waals surface area contributed by atoms with Crippen LogP contribution in [-0.4, -0.2) is 30.4 Å². The number of amides is 1. The number of fused-ring (bicyclic) bond motifs is 1. The Morgan fingerprint density at radius 1 is 1.56 bits per heavy atom. The van der Waals surface area contributed by atoms with Crippen LogP contribution in [0.4, 0.5) is 5.69 Å². The van der Waals surface area contributed by atoms with Crippen molar-refractivity contribution in [1.82, 2.24) is 4.90 Å². The van der Waals surface area contributed by atoms with Crippen LogP contribution >= 0.6 is 0 Å². The van der Waals surface area contributed by atoms with Gasteiger partial charge in [0.05, 0.1) is 12.5 Å². The van der Waals surface area contributed by atoms with E-state index in [2.05, 4.69) is 11.4 Å². The van der Waals surface area contributed by atoms with E-state index in [-0.39, 0.29) is 5.91 Å². The summed E-state index contributed by atoms with van der Waals surface area (Å²) in [6.45, 7) is 4.01. The average molecular weight is 243 g/mol. The van der Waals surface area contributed by atoms with Crippen molar-refractivity contribution in [3.63, 3.8) is 0 Å². The predicted octanol–water partition coefficient (Wildman–Crippen LogP) is 2.03. The molecule has 0 unspecified atom stereocenters. The van der Waals surface area contributed by atoms with Crippen molar-refractivity contribution in [3.05, 3.63) is 29.3 Å². The van der Waals surface area contributed by atoms with Gasteiger partial charge >= 0.3 is 0 Å². The Labute approximate surface area is 107 Å². The van der Waals surface area contributed by atoms with Crippen molar-refractivity contribution < 1.29 is 4.79 Å². The Balaban J connectivity index is 2.15. The molecule has 1 aromatic carbocycles. The Morgan fingerprint density at radius 3 is 3.11 bits per heavy atom. The molecule has 1 N–H and O–H groups in total. The summed E-state index contributed by atoms with van der Waals surface area (Å²) in [5.41, 5.74) is 3.06. The normalized spacial score (nSPS) is 12.4. The number of benzene rings is 1. The molecule has 1 heterocycles. The molecule has 94 valence electrons. The molecule has 0 fully saturated rings. The van der Waals surface area contributed by atoms with E-state index in [9.17, 15) is 4.79 Å². The van der Waals surface area contributed by atoms with Crippen LogP contribution in [0, 0.1) is 11.3 Å². The molecule has 1 aromatic rings. The second kappa shape index (κ2) is 5.54. The minimum Gasteiger partial charge on any atom is -0.384 e. The quantitative estimate of drug-likeness (QED) is 0.880. The largest absolute Gasteiger partial charge is 0.384 e. The predicted molar refractivity (Wildman–Crippen MR) is 70.4 cm³/mol. The number of nitrogens with one attached hydrogen (secondary N) is 1. The first-order valence-electron chi connectivity index (χ1n) is 6.29. The molecule has 4 heteroatoms. The van der Waals surface area contributed by atoms with Crippen LogP contribution in [0.1, 0.15) is 29.3 Å². The Bertz CT molecular complexity index is 490. The maximum Gasteiger partial charge on any atom is 0.253 e. The molecule has 0 aromatic heterocycles. The number of nitrogens with zero attached hydrogens (tertiary/aromatic N) is 2. The summed E-state index contributed by atoms with van der Waals surface area (Å²) in [6.07, 6.45) is 1.35. The summed E-state index contributed by atoms with van der Waals surface area (Å²) in [5, 5.41) is 11.9. The van der Waals surface area contributed by atoms with Crippen molar-refractivity contribution in [2.45, 2.75) is 19.8 Å². The van der Waals surface area contributed by atoms with Crippen LogP contribution in [0.3, 0.4) is 0 Å². The van der Waals surface area contributed by atoms with E-state index in [0.29, 0.717) is 19.5 Å². The minimum absolute atomic E-state index is 0.0162. The number of hydrogen-bond donors (Lipinski definition) is 1.